The first-order chi connectivity index (χ1) is 11.1. The molecule has 5 nitrogen and oxygen atoms in total. The molecule has 1 aliphatic heterocycles. The summed E-state index contributed by atoms with van der Waals surface area (Å²) in [7, 11) is 1.27. The Labute approximate surface area is 154 Å². The zero-order chi connectivity index (χ0) is 18.1. The van der Waals surface area contributed by atoms with Gasteiger partial charge in [-0.2, -0.15) is 0 Å². The Bertz CT molecular complexity index is 644. The van der Waals surface area contributed by atoms with E-state index in [1.807, 2.05) is 28.7 Å². The number of ether oxygens (including phenoxy) is 2. The molecular formula is C17H21FINO4. The van der Waals surface area contributed by atoms with E-state index in [1.165, 1.54) is 18.1 Å². The molecule has 2 atom stereocenters. The maximum absolute atomic E-state index is 14.3. The predicted octanol–water partition coefficient (Wildman–Crippen LogP) is 3.70. The fraction of sp³-hybridized carbons (Fsp3) is 0.529. The second-order valence-electron chi connectivity index (χ2n) is 6.77. The van der Waals surface area contributed by atoms with Gasteiger partial charge in [0.05, 0.1) is 7.11 Å². The van der Waals surface area contributed by atoms with Crippen LogP contribution in [-0.2, 0) is 14.3 Å². The number of carbonyl (C=O) groups excluding carboxylic acids is 2. The van der Waals surface area contributed by atoms with Gasteiger partial charge in [0.1, 0.15) is 17.5 Å². The lowest BCUT2D eigenvalue weighted by atomic mass is 9.96. The number of hydrogen-bond donors (Lipinski definition) is 0. The summed E-state index contributed by atoms with van der Waals surface area (Å²) in [6.07, 6.45) is -0.282. The van der Waals surface area contributed by atoms with Crippen LogP contribution < -0.4 is 0 Å². The molecule has 1 saturated heterocycles. The molecule has 1 fully saturated rings. The number of nitrogens with zero attached hydrogens (tertiary/aromatic N) is 1. The molecule has 24 heavy (non-hydrogen) atoms. The SMILES string of the molecule is COC(=O)[C@H]1C[C@@H](c2ccc(I)cc2F)CN1C(=O)OC(C)(C)C. The summed E-state index contributed by atoms with van der Waals surface area (Å²) in [5, 5.41) is 0. The Morgan fingerprint density at radius 2 is 2.00 bits per heavy atom. The molecule has 7 heteroatoms. The summed E-state index contributed by atoms with van der Waals surface area (Å²) in [6, 6.07) is 4.18. The first-order valence-electron chi connectivity index (χ1n) is 7.64. The van der Waals surface area contributed by atoms with E-state index < -0.39 is 23.7 Å². The fourth-order valence-electron chi connectivity index (χ4n) is 2.78. The van der Waals surface area contributed by atoms with E-state index in [9.17, 15) is 14.0 Å². The topological polar surface area (TPSA) is 55.8 Å². The van der Waals surface area contributed by atoms with Crippen LogP contribution in [0.25, 0.3) is 0 Å². The summed E-state index contributed by atoms with van der Waals surface area (Å²) in [4.78, 5) is 25.8. The monoisotopic (exact) mass is 449 g/mol. The molecule has 0 unspecified atom stereocenters. The van der Waals surface area contributed by atoms with Crippen molar-refractivity contribution in [2.24, 2.45) is 0 Å². The van der Waals surface area contributed by atoms with Crippen molar-refractivity contribution >= 4 is 34.7 Å². The second kappa shape index (κ2) is 7.25. The summed E-state index contributed by atoms with van der Waals surface area (Å²) in [5.74, 6) is -1.13. The number of likely N-dealkylation sites (tertiary alicyclic amines) is 1. The van der Waals surface area contributed by atoms with Crippen LogP contribution in [0.5, 0.6) is 0 Å². The molecule has 0 aromatic heterocycles. The Balaban J connectivity index is 2.26. The molecule has 0 N–H and O–H groups in total. The summed E-state index contributed by atoms with van der Waals surface area (Å²) >= 11 is 2.04. The molecule has 0 aliphatic carbocycles. The van der Waals surface area contributed by atoms with Gasteiger partial charge in [0.25, 0.3) is 0 Å². The first kappa shape index (κ1) is 19.0. The standard InChI is InChI=1S/C17H21FINO4/c1-17(2,3)24-16(22)20-9-10(7-14(20)15(21)23-4)12-6-5-11(19)8-13(12)18/h5-6,8,10,14H,7,9H2,1-4H3/t10-,14-/m1/s1. The number of halogens is 2. The highest BCUT2D eigenvalue weighted by Crippen LogP contribution is 2.35. The van der Waals surface area contributed by atoms with Crippen molar-refractivity contribution < 1.29 is 23.5 Å². The number of rotatable bonds is 2. The molecule has 132 valence electrons. The molecule has 2 rings (SSSR count). The van der Waals surface area contributed by atoms with Gasteiger partial charge in [0.2, 0.25) is 0 Å². The van der Waals surface area contributed by atoms with Crippen LogP contribution in [0.1, 0.15) is 38.7 Å². The minimum atomic E-state index is -0.770. The number of carbonyl (C=O) groups is 2. The number of hydrogen-bond acceptors (Lipinski definition) is 4. The van der Waals surface area contributed by atoms with E-state index in [0.29, 0.717) is 12.0 Å². The third-order valence-electron chi connectivity index (χ3n) is 3.80. The van der Waals surface area contributed by atoms with Gasteiger partial charge < -0.3 is 9.47 Å². The van der Waals surface area contributed by atoms with Crippen LogP contribution in [-0.4, -0.2) is 42.3 Å². The van der Waals surface area contributed by atoms with Crippen molar-refractivity contribution in [3.63, 3.8) is 0 Å². The van der Waals surface area contributed by atoms with Crippen LogP contribution in [0.15, 0.2) is 18.2 Å². The molecule has 0 bridgehead atoms. The number of amides is 1. The van der Waals surface area contributed by atoms with Crippen LogP contribution in [0.2, 0.25) is 0 Å². The van der Waals surface area contributed by atoms with E-state index in [1.54, 1.807) is 26.8 Å². The van der Waals surface area contributed by atoms with Crippen LogP contribution >= 0.6 is 22.6 Å². The van der Waals surface area contributed by atoms with Gasteiger partial charge in [-0.1, -0.05) is 6.07 Å². The Morgan fingerprint density at radius 3 is 2.54 bits per heavy atom. The highest BCUT2D eigenvalue weighted by atomic mass is 127. The lowest BCUT2D eigenvalue weighted by molar-refractivity contribution is -0.145. The van der Waals surface area contributed by atoms with Gasteiger partial charge in [-0.3, -0.25) is 4.90 Å². The first-order valence-corrected chi connectivity index (χ1v) is 8.72. The van der Waals surface area contributed by atoms with Crippen molar-refractivity contribution in [3.05, 3.63) is 33.1 Å². The highest BCUT2D eigenvalue weighted by Gasteiger charge is 2.43. The molecule has 1 aromatic rings. The molecule has 1 amide bonds. The van der Waals surface area contributed by atoms with Crippen molar-refractivity contribution in [1.29, 1.82) is 0 Å². The van der Waals surface area contributed by atoms with E-state index in [4.69, 9.17) is 9.47 Å². The third-order valence-corrected chi connectivity index (χ3v) is 4.48. The lowest BCUT2D eigenvalue weighted by Gasteiger charge is -2.27. The van der Waals surface area contributed by atoms with Crippen molar-refractivity contribution in [1.82, 2.24) is 4.90 Å². The predicted molar refractivity (Wildman–Crippen MR) is 95.2 cm³/mol. The zero-order valence-corrected chi connectivity index (χ0v) is 16.3. The normalized spacial score (nSPS) is 20.8. The molecule has 0 radical (unpaired) electrons. The number of benzene rings is 1. The van der Waals surface area contributed by atoms with Gasteiger partial charge in [0.15, 0.2) is 0 Å². The molecular weight excluding hydrogens is 428 g/mol. The van der Waals surface area contributed by atoms with Gasteiger partial charge in [-0.25, -0.2) is 14.0 Å². The van der Waals surface area contributed by atoms with Crippen molar-refractivity contribution in [3.8, 4) is 0 Å². The molecule has 0 spiro atoms. The lowest BCUT2D eigenvalue weighted by Crippen LogP contribution is -2.43. The smallest absolute Gasteiger partial charge is 0.411 e. The van der Waals surface area contributed by atoms with Gasteiger partial charge in [0, 0.05) is 16.0 Å². The van der Waals surface area contributed by atoms with Crippen LogP contribution in [0.4, 0.5) is 9.18 Å². The van der Waals surface area contributed by atoms with Crippen molar-refractivity contribution in [2.75, 3.05) is 13.7 Å². The fourth-order valence-corrected chi connectivity index (χ4v) is 3.23. The Morgan fingerprint density at radius 1 is 1.33 bits per heavy atom. The van der Waals surface area contributed by atoms with Gasteiger partial charge in [-0.05, 0) is 67.5 Å². The zero-order valence-electron chi connectivity index (χ0n) is 14.1. The second-order valence-corrected chi connectivity index (χ2v) is 8.02. The Hall–Kier alpha value is -1.38. The quantitative estimate of drug-likeness (QED) is 0.511. The molecule has 1 heterocycles. The Kier molecular flexibility index (Phi) is 5.72. The molecule has 1 aromatic carbocycles. The maximum Gasteiger partial charge on any atom is 0.411 e. The molecule has 1 aliphatic rings. The van der Waals surface area contributed by atoms with Crippen LogP contribution in [0, 0.1) is 9.39 Å². The van der Waals surface area contributed by atoms with E-state index in [0.717, 1.165) is 3.57 Å². The minimum Gasteiger partial charge on any atom is -0.467 e. The average molecular weight is 449 g/mol. The van der Waals surface area contributed by atoms with Crippen molar-refractivity contribution in [2.45, 2.75) is 44.8 Å². The van der Waals surface area contributed by atoms with Crippen LogP contribution in [0.3, 0.4) is 0 Å². The average Bonchev–Trinajstić information content (AvgIpc) is 2.89. The summed E-state index contributed by atoms with van der Waals surface area (Å²) in [5.41, 5.74) is -0.181. The number of esters is 1. The van der Waals surface area contributed by atoms with E-state index in [-0.39, 0.29) is 18.3 Å². The molecule has 0 saturated carbocycles. The summed E-state index contributed by atoms with van der Waals surface area (Å²) in [6.45, 7) is 5.48. The third kappa shape index (κ3) is 4.37. The highest BCUT2D eigenvalue weighted by molar-refractivity contribution is 14.1. The summed E-state index contributed by atoms with van der Waals surface area (Å²) < 4.78 is 25.2. The largest absolute Gasteiger partial charge is 0.467 e. The van der Waals surface area contributed by atoms with E-state index in [2.05, 4.69) is 0 Å². The van der Waals surface area contributed by atoms with E-state index >= 15 is 0 Å². The minimum absolute atomic E-state index is 0.214. The number of methoxy groups -OCH3 is 1. The maximum atomic E-state index is 14.3. The van der Waals surface area contributed by atoms with Gasteiger partial charge >= 0.3 is 12.1 Å². The van der Waals surface area contributed by atoms with Gasteiger partial charge in [-0.15, -0.1) is 0 Å².